The molecular formula is C22H30N4O3S. The molecule has 0 aromatic carbocycles. The summed E-state index contributed by atoms with van der Waals surface area (Å²) in [6.07, 6.45) is 4.20. The number of likely N-dealkylation sites (N-methyl/N-ethyl adjacent to an activating group) is 1. The molecule has 1 unspecified atom stereocenters. The van der Waals surface area contributed by atoms with Crippen molar-refractivity contribution in [3.8, 4) is 0 Å². The summed E-state index contributed by atoms with van der Waals surface area (Å²) in [5.41, 5.74) is 2.27. The van der Waals surface area contributed by atoms with Gasteiger partial charge in [-0.05, 0) is 40.0 Å². The van der Waals surface area contributed by atoms with Crippen LogP contribution in [0.4, 0.5) is 9.80 Å². The highest BCUT2D eigenvalue weighted by atomic mass is 32.1. The van der Waals surface area contributed by atoms with E-state index in [0.717, 1.165) is 47.5 Å². The van der Waals surface area contributed by atoms with Gasteiger partial charge in [-0.3, -0.25) is 0 Å². The van der Waals surface area contributed by atoms with Crippen molar-refractivity contribution in [1.29, 1.82) is 0 Å². The lowest BCUT2D eigenvalue weighted by Crippen LogP contribution is -2.47. The van der Waals surface area contributed by atoms with Gasteiger partial charge in [0.25, 0.3) is 0 Å². The smallest absolute Gasteiger partial charge is 0.419 e. The topological polar surface area (TPSA) is 57.6 Å². The molecule has 0 spiro atoms. The molecule has 3 rings (SSSR count). The Bertz CT molecular complexity index is 894. The molecule has 2 aliphatic rings. The lowest BCUT2D eigenvalue weighted by atomic mass is 10.2. The first-order chi connectivity index (χ1) is 14.4. The van der Waals surface area contributed by atoms with E-state index in [4.69, 9.17) is 14.5 Å². The second kappa shape index (κ2) is 9.59. The fraction of sp³-hybridized carbons (Fsp3) is 0.455. The maximum Gasteiger partial charge on any atom is 0.422 e. The Morgan fingerprint density at radius 3 is 2.63 bits per heavy atom. The number of anilines is 1. The number of hydrogen-bond acceptors (Lipinski definition) is 7. The zero-order valence-electron chi connectivity index (χ0n) is 18.3. The van der Waals surface area contributed by atoms with E-state index in [9.17, 15) is 4.79 Å². The predicted octanol–water partition coefficient (Wildman–Crippen LogP) is 3.97. The lowest BCUT2D eigenvalue weighted by Gasteiger charge is -2.34. The van der Waals surface area contributed by atoms with Gasteiger partial charge in [-0.2, -0.15) is 0 Å². The van der Waals surface area contributed by atoms with Crippen LogP contribution >= 0.6 is 11.3 Å². The first kappa shape index (κ1) is 22.3. The van der Waals surface area contributed by atoms with E-state index in [2.05, 4.69) is 29.5 Å². The molecule has 1 aromatic heterocycles. The largest absolute Gasteiger partial charge is 0.422 e. The lowest BCUT2D eigenvalue weighted by molar-refractivity contribution is -0.0646. The molecule has 162 valence electrons. The zero-order chi connectivity index (χ0) is 21.8. The second-order valence-electron chi connectivity index (χ2n) is 7.29. The maximum atomic E-state index is 13.2. The van der Waals surface area contributed by atoms with E-state index in [1.165, 1.54) is 7.11 Å². The number of ether oxygens (including phenoxy) is 2. The molecule has 1 fully saturated rings. The molecule has 0 radical (unpaired) electrons. The number of nitrogens with zero attached hydrogens (tertiary/aromatic N) is 4. The number of aliphatic imine (C=N–C) groups is 1. The van der Waals surface area contributed by atoms with Crippen LogP contribution in [0.3, 0.4) is 0 Å². The van der Waals surface area contributed by atoms with Crippen LogP contribution in [0, 0.1) is 6.92 Å². The number of aryl methyl sites for hydroxylation is 1. The van der Waals surface area contributed by atoms with Gasteiger partial charge in [-0.25, -0.2) is 14.7 Å². The Balaban J connectivity index is 2.15. The van der Waals surface area contributed by atoms with Crippen LogP contribution in [0.15, 0.2) is 47.3 Å². The van der Waals surface area contributed by atoms with Crippen molar-refractivity contribution in [2.45, 2.75) is 27.1 Å². The molecule has 1 aromatic rings. The third kappa shape index (κ3) is 4.50. The number of piperazine rings is 1. The van der Waals surface area contributed by atoms with Gasteiger partial charge in [-0.15, -0.1) is 11.3 Å². The fourth-order valence-corrected chi connectivity index (χ4v) is 4.46. The Hall–Kier alpha value is -2.42. The molecule has 1 atom stereocenters. The molecule has 1 saturated heterocycles. The second-order valence-corrected chi connectivity index (χ2v) is 8.52. The summed E-state index contributed by atoms with van der Waals surface area (Å²) in [6, 6.07) is 2.10. The number of carbonyl (C=O) groups excluding carboxylic acids is 1. The highest BCUT2D eigenvalue weighted by molar-refractivity contribution is 7.16. The number of fused-ring (bicyclic) bond motifs is 1. The summed E-state index contributed by atoms with van der Waals surface area (Å²) >= 11 is 1.55. The third-order valence-corrected chi connectivity index (χ3v) is 6.18. The van der Waals surface area contributed by atoms with Crippen molar-refractivity contribution < 1.29 is 14.3 Å². The molecule has 8 heteroatoms. The maximum absolute atomic E-state index is 13.2. The molecular weight excluding hydrogens is 400 g/mol. The van der Waals surface area contributed by atoms with Gasteiger partial charge in [0.05, 0.1) is 17.0 Å². The SMILES string of the molecule is C=C/C=C1\C(=C/C)N=C(N2CCN(C)CC2)c2cc(C)sc2N1C(=O)OC(C)OC. The van der Waals surface area contributed by atoms with Crippen LogP contribution in [-0.2, 0) is 9.47 Å². The van der Waals surface area contributed by atoms with Crippen molar-refractivity contribution in [2.24, 2.45) is 4.99 Å². The van der Waals surface area contributed by atoms with Gasteiger partial charge in [0, 0.05) is 38.2 Å². The molecule has 3 heterocycles. The Labute approximate surface area is 182 Å². The van der Waals surface area contributed by atoms with E-state index in [1.807, 2.05) is 19.9 Å². The Morgan fingerprint density at radius 1 is 1.33 bits per heavy atom. The quantitative estimate of drug-likeness (QED) is 0.679. The minimum atomic E-state index is -0.665. The minimum absolute atomic E-state index is 0.505. The fourth-order valence-electron chi connectivity index (χ4n) is 3.45. The zero-order valence-corrected chi connectivity index (χ0v) is 19.2. The molecule has 1 amide bonds. The molecule has 0 saturated carbocycles. The number of methoxy groups -OCH3 is 1. The van der Waals surface area contributed by atoms with E-state index in [-0.39, 0.29) is 0 Å². The van der Waals surface area contributed by atoms with Crippen molar-refractivity contribution in [1.82, 2.24) is 9.80 Å². The normalized spacial score (nSPS) is 21.3. The van der Waals surface area contributed by atoms with Gasteiger partial charge < -0.3 is 19.3 Å². The van der Waals surface area contributed by atoms with Crippen molar-refractivity contribution in [3.05, 3.63) is 52.7 Å². The number of amides is 1. The van der Waals surface area contributed by atoms with E-state index >= 15 is 0 Å². The molecule has 0 N–H and O–H groups in total. The molecule has 0 bridgehead atoms. The summed E-state index contributed by atoms with van der Waals surface area (Å²) in [5.74, 6) is 0.889. The molecule has 2 aliphatic heterocycles. The minimum Gasteiger partial charge on any atom is -0.419 e. The van der Waals surface area contributed by atoms with E-state index in [0.29, 0.717) is 11.4 Å². The third-order valence-electron chi connectivity index (χ3n) is 5.14. The predicted molar refractivity (Wildman–Crippen MR) is 122 cm³/mol. The van der Waals surface area contributed by atoms with Crippen LogP contribution < -0.4 is 4.90 Å². The summed E-state index contributed by atoms with van der Waals surface area (Å²) < 4.78 is 10.7. The van der Waals surface area contributed by atoms with Crippen molar-refractivity contribution >= 4 is 28.3 Å². The number of amidine groups is 1. The highest BCUT2D eigenvalue weighted by Crippen LogP contribution is 2.40. The van der Waals surface area contributed by atoms with Gasteiger partial charge in [0.15, 0.2) is 0 Å². The van der Waals surface area contributed by atoms with Gasteiger partial charge in [-0.1, -0.05) is 18.7 Å². The monoisotopic (exact) mass is 430 g/mol. The summed E-state index contributed by atoms with van der Waals surface area (Å²) in [4.78, 5) is 25.5. The summed E-state index contributed by atoms with van der Waals surface area (Å²) in [5, 5.41) is 0.795. The van der Waals surface area contributed by atoms with Gasteiger partial charge >= 0.3 is 6.09 Å². The number of rotatable bonds is 3. The number of carbonyl (C=O) groups is 1. The average molecular weight is 431 g/mol. The van der Waals surface area contributed by atoms with Crippen LogP contribution in [0.2, 0.25) is 0 Å². The van der Waals surface area contributed by atoms with Crippen LogP contribution in [0.1, 0.15) is 24.3 Å². The molecule has 0 aliphatic carbocycles. The van der Waals surface area contributed by atoms with Crippen molar-refractivity contribution in [2.75, 3.05) is 45.2 Å². The van der Waals surface area contributed by atoms with Crippen LogP contribution in [0.5, 0.6) is 0 Å². The Morgan fingerprint density at radius 2 is 2.03 bits per heavy atom. The number of thiophene rings is 1. The van der Waals surface area contributed by atoms with E-state index < -0.39 is 12.4 Å². The summed E-state index contributed by atoms with van der Waals surface area (Å²) in [6.45, 7) is 13.2. The van der Waals surface area contributed by atoms with Gasteiger partial charge in [0.2, 0.25) is 6.29 Å². The summed E-state index contributed by atoms with van der Waals surface area (Å²) in [7, 11) is 3.64. The van der Waals surface area contributed by atoms with Crippen molar-refractivity contribution in [3.63, 3.8) is 0 Å². The van der Waals surface area contributed by atoms with E-state index in [1.54, 1.807) is 35.3 Å². The molecule has 7 nitrogen and oxygen atoms in total. The first-order valence-electron chi connectivity index (χ1n) is 10.1. The number of allylic oxidation sites excluding steroid dienone is 3. The van der Waals surface area contributed by atoms with Gasteiger partial charge in [0.1, 0.15) is 10.8 Å². The van der Waals surface area contributed by atoms with Crippen LogP contribution in [0.25, 0.3) is 0 Å². The Kier molecular flexibility index (Phi) is 7.12. The van der Waals surface area contributed by atoms with Crippen LogP contribution in [-0.4, -0.2) is 68.4 Å². The first-order valence-corrected chi connectivity index (χ1v) is 10.9. The molecule has 30 heavy (non-hydrogen) atoms. The highest BCUT2D eigenvalue weighted by Gasteiger charge is 2.35. The number of hydrogen-bond donors (Lipinski definition) is 0. The average Bonchev–Trinajstić information content (AvgIpc) is 3.04. The standard InChI is InChI=1S/C22H30N4O3S/c1-7-9-19-18(8-2)23-20(25-12-10-24(5)11-13-25)17-14-15(3)30-21(17)26(19)22(27)29-16(4)28-6/h7-9,14,16H,1,10-13H2,2-6H3/b18-8+,19-9+.